The normalized spacial score (nSPS) is 20.1. The lowest BCUT2D eigenvalue weighted by Crippen LogP contribution is -2.49. The highest BCUT2D eigenvalue weighted by Crippen LogP contribution is 2.39. The number of aliphatic hydroxyl groups excluding tert-OH is 1. The van der Waals surface area contributed by atoms with E-state index in [-0.39, 0.29) is 15.9 Å². The number of β-amino-alcohol motifs (C(OH)–C–C–N with tert-alkyl or cyclic N) is 1. The molecule has 3 aromatic rings. The van der Waals surface area contributed by atoms with Gasteiger partial charge in [-0.2, -0.15) is 0 Å². The first-order chi connectivity index (χ1) is 19.3. The Kier molecular flexibility index (Phi) is 9.21. The summed E-state index contributed by atoms with van der Waals surface area (Å²) in [5, 5.41) is 10.9. The van der Waals surface area contributed by atoms with Crippen LogP contribution in [0.15, 0.2) is 63.3 Å². The van der Waals surface area contributed by atoms with Crippen molar-refractivity contribution in [2.45, 2.75) is 72.3 Å². The molecule has 10 heteroatoms. The van der Waals surface area contributed by atoms with Gasteiger partial charge in [0.05, 0.1) is 28.8 Å². The highest BCUT2D eigenvalue weighted by Gasteiger charge is 2.32. The smallest absolute Gasteiger partial charge is 0.210 e. The van der Waals surface area contributed by atoms with Gasteiger partial charge in [-0.3, -0.25) is 9.88 Å². The Balaban J connectivity index is 1.50. The van der Waals surface area contributed by atoms with Crippen molar-refractivity contribution >= 4 is 37.6 Å². The van der Waals surface area contributed by atoms with Gasteiger partial charge in [-0.05, 0) is 86.2 Å². The Morgan fingerprint density at radius 3 is 2.52 bits per heavy atom. The average molecular weight is 586 g/mol. The Morgan fingerprint density at radius 1 is 1.10 bits per heavy atom. The number of likely N-dealkylation sites (tertiary alicyclic amines) is 1. The Bertz CT molecular complexity index is 1410. The van der Waals surface area contributed by atoms with Crippen molar-refractivity contribution in [3.05, 3.63) is 48.7 Å². The predicted octanol–water partition coefficient (Wildman–Crippen LogP) is 4.41. The molecule has 0 saturated carbocycles. The van der Waals surface area contributed by atoms with Crippen LogP contribution in [0.2, 0.25) is 0 Å². The van der Waals surface area contributed by atoms with E-state index >= 15 is 0 Å². The number of rotatable bonds is 9. The third-order valence-corrected chi connectivity index (χ3v) is 10.7. The minimum atomic E-state index is -3.91. The third kappa shape index (κ3) is 6.26. The number of aliphatic hydroxyl groups is 1. The molecule has 216 valence electrons. The molecule has 0 spiro atoms. The van der Waals surface area contributed by atoms with Crippen LogP contribution in [0.25, 0.3) is 10.9 Å². The maximum atomic E-state index is 14.1. The van der Waals surface area contributed by atoms with Gasteiger partial charge in [0.25, 0.3) is 0 Å². The molecule has 2 atom stereocenters. The highest BCUT2D eigenvalue weighted by molar-refractivity contribution is 7.91. The molecule has 0 radical (unpaired) electrons. The number of ether oxygens (including phenoxy) is 1. The second kappa shape index (κ2) is 12.7. The van der Waals surface area contributed by atoms with Gasteiger partial charge in [0.15, 0.2) is 4.90 Å². The lowest BCUT2D eigenvalue weighted by Gasteiger charge is -2.42. The number of nitrogens with zero attached hydrogens (tertiary/aromatic N) is 3. The van der Waals surface area contributed by atoms with Crippen LogP contribution < -0.4 is 9.64 Å². The van der Waals surface area contributed by atoms with Gasteiger partial charge in [-0.1, -0.05) is 13.3 Å². The quantitative estimate of drug-likeness (QED) is 0.291. The van der Waals surface area contributed by atoms with Crippen molar-refractivity contribution in [3.8, 4) is 5.75 Å². The van der Waals surface area contributed by atoms with Crippen molar-refractivity contribution < 1.29 is 22.8 Å². The summed E-state index contributed by atoms with van der Waals surface area (Å²) in [4.78, 5) is 10.0. The van der Waals surface area contributed by atoms with Crippen LogP contribution in [0.4, 0.5) is 5.69 Å². The lowest BCUT2D eigenvalue weighted by molar-refractivity contribution is 0.0398. The molecule has 0 bridgehead atoms. The summed E-state index contributed by atoms with van der Waals surface area (Å²) in [6.45, 7) is 5.74. The van der Waals surface area contributed by atoms with E-state index in [4.69, 9.17) is 4.74 Å². The van der Waals surface area contributed by atoms with Crippen LogP contribution in [0.3, 0.4) is 0 Å². The molecule has 2 fully saturated rings. The molecule has 2 aliphatic rings. The number of hydrogen-bond acceptors (Lipinski definition) is 8. The van der Waals surface area contributed by atoms with Crippen LogP contribution in [-0.4, -0.2) is 79.1 Å². The first kappa shape index (κ1) is 29.1. The van der Waals surface area contributed by atoms with Crippen LogP contribution in [0.1, 0.15) is 45.4 Å². The third-order valence-electron chi connectivity index (χ3n) is 8.02. The molecular weight excluding hydrogens is 546 g/mol. The van der Waals surface area contributed by atoms with Gasteiger partial charge >= 0.3 is 0 Å². The van der Waals surface area contributed by atoms with E-state index in [0.717, 1.165) is 45.1 Å². The Labute approximate surface area is 240 Å². The average Bonchev–Trinajstić information content (AvgIpc) is 2.96. The number of pyridine rings is 1. The van der Waals surface area contributed by atoms with E-state index in [9.17, 15) is 18.1 Å². The zero-order chi connectivity index (χ0) is 28.3. The lowest BCUT2D eigenvalue weighted by atomic mass is 9.98. The zero-order valence-electron chi connectivity index (χ0n) is 23.3. The second-order valence-electron chi connectivity index (χ2n) is 10.8. The van der Waals surface area contributed by atoms with Crippen molar-refractivity contribution in [1.29, 1.82) is 0 Å². The van der Waals surface area contributed by atoms with Gasteiger partial charge in [0, 0.05) is 43.3 Å². The monoisotopic (exact) mass is 585 g/mol. The highest BCUT2D eigenvalue weighted by atomic mass is 32.2. The molecule has 2 unspecified atom stereocenters. The number of fused-ring (bicyclic) bond motifs is 1. The predicted molar refractivity (Wildman–Crippen MR) is 158 cm³/mol. The van der Waals surface area contributed by atoms with Crippen LogP contribution in [0.5, 0.6) is 5.75 Å². The summed E-state index contributed by atoms with van der Waals surface area (Å²) in [6.07, 6.45) is 8.37. The Hall–Kier alpha value is -2.37. The topological polar surface area (TPSA) is 106 Å². The van der Waals surface area contributed by atoms with E-state index in [1.807, 2.05) is 12.1 Å². The molecule has 40 heavy (non-hydrogen) atoms. The summed E-state index contributed by atoms with van der Waals surface area (Å²) in [5.41, 5.74) is 1.29. The van der Waals surface area contributed by atoms with E-state index in [2.05, 4.69) is 21.7 Å². The Morgan fingerprint density at radius 2 is 1.85 bits per heavy atom. The zero-order valence-corrected chi connectivity index (χ0v) is 24.9. The molecule has 2 aromatic carbocycles. The number of benzene rings is 2. The first-order valence-corrected chi connectivity index (χ1v) is 17.2. The molecule has 2 saturated heterocycles. The fourth-order valence-electron chi connectivity index (χ4n) is 5.79. The van der Waals surface area contributed by atoms with Gasteiger partial charge in [0.2, 0.25) is 9.84 Å². The minimum absolute atomic E-state index is 0.158. The maximum absolute atomic E-state index is 14.1. The van der Waals surface area contributed by atoms with Gasteiger partial charge in [-0.25, -0.2) is 8.42 Å². The summed E-state index contributed by atoms with van der Waals surface area (Å²) < 4.78 is 46.3. The summed E-state index contributed by atoms with van der Waals surface area (Å²) in [5.74, 6) is 0.643. The van der Waals surface area contributed by atoms with Gasteiger partial charge in [-0.15, -0.1) is 0 Å². The van der Waals surface area contributed by atoms with E-state index in [1.165, 1.54) is 6.20 Å². The number of hydrogen-bond donors (Lipinski definition) is 1. The molecule has 0 amide bonds. The summed E-state index contributed by atoms with van der Waals surface area (Å²) in [7, 11) is -3.91. The van der Waals surface area contributed by atoms with E-state index in [1.54, 1.807) is 36.6 Å². The van der Waals surface area contributed by atoms with Crippen molar-refractivity contribution in [3.63, 3.8) is 0 Å². The standard InChI is InChI=1S/C30H39N3O5S2/c1-3-4-18-38-24-7-10-26(11-8-24)40(36,37)29-20-31-28-12-9-25(39(2)35)19-27(28)30(29)32-16-13-22(14-17-32)33-15-5-6-23(34)21-33/h7-12,19-20,22-23,34H,3-6,13-18,21H2,1-2H3. The number of unbranched alkanes of at least 4 members (excludes halogenated alkanes) is 1. The van der Waals surface area contributed by atoms with Crippen LogP contribution in [0, 0.1) is 0 Å². The molecule has 5 rings (SSSR count). The number of aromatic nitrogens is 1. The molecular formula is C30H39N3O5S2. The second-order valence-corrected chi connectivity index (χ2v) is 14.1. The fraction of sp³-hybridized carbons (Fsp3) is 0.500. The van der Waals surface area contributed by atoms with E-state index in [0.29, 0.717) is 59.5 Å². The van der Waals surface area contributed by atoms with E-state index < -0.39 is 21.0 Å². The van der Waals surface area contributed by atoms with Crippen molar-refractivity contribution in [2.75, 3.05) is 43.9 Å². The number of piperidine rings is 2. The summed E-state index contributed by atoms with van der Waals surface area (Å²) >= 11 is -1.22. The minimum Gasteiger partial charge on any atom is -0.612 e. The van der Waals surface area contributed by atoms with Crippen molar-refractivity contribution in [2.24, 2.45) is 0 Å². The first-order valence-electron chi connectivity index (χ1n) is 14.2. The van der Waals surface area contributed by atoms with Gasteiger partial charge in [0.1, 0.15) is 16.9 Å². The summed E-state index contributed by atoms with van der Waals surface area (Å²) in [6, 6.07) is 12.4. The number of anilines is 1. The molecule has 0 aliphatic carbocycles. The molecule has 2 aliphatic heterocycles. The largest absolute Gasteiger partial charge is 0.612 e. The van der Waals surface area contributed by atoms with Crippen LogP contribution in [-0.2, 0) is 21.0 Å². The maximum Gasteiger partial charge on any atom is 0.210 e. The molecule has 8 nitrogen and oxygen atoms in total. The van der Waals surface area contributed by atoms with Crippen molar-refractivity contribution in [1.82, 2.24) is 9.88 Å². The molecule has 1 aromatic heterocycles. The molecule has 3 heterocycles. The fourth-order valence-corrected chi connectivity index (χ4v) is 7.76. The number of sulfone groups is 1. The molecule has 1 N–H and O–H groups in total. The van der Waals surface area contributed by atoms with Crippen LogP contribution >= 0.6 is 0 Å². The SMILES string of the molecule is CCCCOc1ccc(S(=O)(=O)c2cnc3ccc([S+](C)[O-])cc3c2N2CCC(N3CCCC(O)C3)CC2)cc1. The van der Waals surface area contributed by atoms with Gasteiger partial charge < -0.3 is 19.3 Å².